The van der Waals surface area contributed by atoms with Gasteiger partial charge >= 0.3 is 0 Å². The van der Waals surface area contributed by atoms with Gasteiger partial charge in [-0.15, -0.1) is 0 Å². The van der Waals surface area contributed by atoms with Crippen LogP contribution in [0.3, 0.4) is 0 Å². The molecule has 1 rings (SSSR count). The SMILES string of the molecule is Cc1ccc(O[Si](C)(C)C)cc1C. The van der Waals surface area contributed by atoms with Gasteiger partial charge in [0.05, 0.1) is 0 Å². The van der Waals surface area contributed by atoms with Crippen molar-refractivity contribution in [3.8, 4) is 5.75 Å². The highest BCUT2D eigenvalue weighted by molar-refractivity contribution is 6.70. The quantitative estimate of drug-likeness (QED) is 0.655. The Hall–Kier alpha value is -0.763. The van der Waals surface area contributed by atoms with Gasteiger partial charge < -0.3 is 4.43 Å². The predicted octanol–water partition coefficient (Wildman–Crippen LogP) is 3.52. The molecule has 0 N–H and O–H groups in total. The highest BCUT2D eigenvalue weighted by Crippen LogP contribution is 2.19. The molecule has 0 aliphatic carbocycles. The third kappa shape index (κ3) is 3.23. The summed E-state index contributed by atoms with van der Waals surface area (Å²) in [6, 6.07) is 6.29. The largest absolute Gasteiger partial charge is 0.544 e. The Labute approximate surface area is 81.9 Å². The fourth-order valence-electron chi connectivity index (χ4n) is 1.13. The molecule has 0 unspecified atom stereocenters. The maximum absolute atomic E-state index is 5.88. The number of rotatable bonds is 2. The van der Waals surface area contributed by atoms with Crippen LogP contribution in [0.1, 0.15) is 11.1 Å². The molecule has 0 aromatic heterocycles. The third-order valence-corrected chi connectivity index (χ3v) is 2.75. The van der Waals surface area contributed by atoms with Crippen LogP contribution >= 0.6 is 0 Å². The number of benzene rings is 1. The van der Waals surface area contributed by atoms with Crippen molar-refractivity contribution in [1.29, 1.82) is 0 Å². The number of hydrogen-bond acceptors (Lipinski definition) is 1. The van der Waals surface area contributed by atoms with E-state index < -0.39 is 8.32 Å². The summed E-state index contributed by atoms with van der Waals surface area (Å²) in [5, 5.41) is 0. The molecule has 1 nitrogen and oxygen atoms in total. The number of aryl methyl sites for hydroxylation is 2. The van der Waals surface area contributed by atoms with Crippen LogP contribution < -0.4 is 4.43 Å². The first-order valence-corrected chi connectivity index (χ1v) is 8.05. The molecule has 0 spiro atoms. The van der Waals surface area contributed by atoms with Crippen LogP contribution in [0.2, 0.25) is 19.6 Å². The molecule has 2 heteroatoms. The van der Waals surface area contributed by atoms with Crippen LogP contribution in [0, 0.1) is 13.8 Å². The van der Waals surface area contributed by atoms with Gasteiger partial charge in [-0.1, -0.05) is 6.07 Å². The van der Waals surface area contributed by atoms with Gasteiger partial charge in [-0.05, 0) is 56.7 Å². The molecule has 1 aromatic rings. The van der Waals surface area contributed by atoms with Gasteiger partial charge in [0.15, 0.2) is 0 Å². The summed E-state index contributed by atoms with van der Waals surface area (Å²) in [6.45, 7) is 10.8. The van der Waals surface area contributed by atoms with E-state index in [4.69, 9.17) is 4.43 Å². The second-order valence-electron chi connectivity index (χ2n) is 4.46. The minimum Gasteiger partial charge on any atom is -0.544 e. The Morgan fingerprint density at radius 2 is 1.62 bits per heavy atom. The number of hydrogen-bond donors (Lipinski definition) is 0. The Kier molecular flexibility index (Phi) is 2.81. The average molecular weight is 194 g/mol. The fraction of sp³-hybridized carbons (Fsp3) is 0.455. The Balaban J connectivity index is 2.86. The summed E-state index contributed by atoms with van der Waals surface area (Å²) in [4.78, 5) is 0. The molecule has 0 aliphatic rings. The molecular formula is C11H18OSi. The van der Waals surface area contributed by atoms with E-state index in [9.17, 15) is 0 Å². The highest BCUT2D eigenvalue weighted by Gasteiger charge is 2.15. The maximum Gasteiger partial charge on any atom is 0.242 e. The van der Waals surface area contributed by atoms with Crippen LogP contribution in [0.5, 0.6) is 5.75 Å². The molecule has 0 heterocycles. The normalized spacial score (nSPS) is 11.5. The van der Waals surface area contributed by atoms with Crippen LogP contribution in [-0.2, 0) is 0 Å². The second-order valence-corrected chi connectivity index (χ2v) is 8.89. The Morgan fingerprint density at radius 1 is 1.00 bits per heavy atom. The van der Waals surface area contributed by atoms with Crippen LogP contribution in [0.15, 0.2) is 18.2 Å². The summed E-state index contributed by atoms with van der Waals surface area (Å²) in [5.41, 5.74) is 2.62. The lowest BCUT2D eigenvalue weighted by Crippen LogP contribution is -2.29. The van der Waals surface area contributed by atoms with E-state index in [1.54, 1.807) is 0 Å². The molecule has 0 saturated heterocycles. The Bertz CT molecular complexity index is 299. The highest BCUT2D eigenvalue weighted by atomic mass is 28.4. The van der Waals surface area contributed by atoms with Gasteiger partial charge in [0.25, 0.3) is 0 Å². The van der Waals surface area contributed by atoms with Crippen molar-refractivity contribution in [2.75, 3.05) is 0 Å². The summed E-state index contributed by atoms with van der Waals surface area (Å²) in [6.07, 6.45) is 0. The van der Waals surface area contributed by atoms with Crippen LogP contribution in [0.4, 0.5) is 0 Å². The van der Waals surface area contributed by atoms with Crippen molar-refractivity contribution in [3.63, 3.8) is 0 Å². The third-order valence-electron chi connectivity index (χ3n) is 1.90. The average Bonchev–Trinajstić information content (AvgIpc) is 1.94. The van der Waals surface area contributed by atoms with Crippen molar-refractivity contribution in [2.45, 2.75) is 33.5 Å². The molecule has 13 heavy (non-hydrogen) atoms. The molecule has 0 aliphatic heterocycles. The smallest absolute Gasteiger partial charge is 0.242 e. The van der Waals surface area contributed by atoms with Crippen molar-refractivity contribution >= 4 is 8.32 Å². The van der Waals surface area contributed by atoms with Gasteiger partial charge in [-0.3, -0.25) is 0 Å². The molecule has 72 valence electrons. The summed E-state index contributed by atoms with van der Waals surface area (Å²) < 4.78 is 5.88. The first-order chi connectivity index (χ1) is 5.88. The van der Waals surface area contributed by atoms with Gasteiger partial charge in [0.2, 0.25) is 8.32 Å². The van der Waals surface area contributed by atoms with E-state index >= 15 is 0 Å². The molecule has 0 bridgehead atoms. The van der Waals surface area contributed by atoms with Crippen molar-refractivity contribution in [1.82, 2.24) is 0 Å². The van der Waals surface area contributed by atoms with Crippen molar-refractivity contribution in [3.05, 3.63) is 29.3 Å². The first kappa shape index (κ1) is 10.3. The zero-order valence-corrected chi connectivity index (χ0v) is 10.1. The van der Waals surface area contributed by atoms with E-state index in [1.165, 1.54) is 11.1 Å². The van der Waals surface area contributed by atoms with E-state index in [1.807, 2.05) is 0 Å². The van der Waals surface area contributed by atoms with Crippen molar-refractivity contribution in [2.24, 2.45) is 0 Å². The second kappa shape index (κ2) is 3.54. The molecular weight excluding hydrogens is 176 g/mol. The van der Waals surface area contributed by atoms with Gasteiger partial charge in [-0.2, -0.15) is 0 Å². The molecule has 0 atom stereocenters. The van der Waals surface area contributed by atoms with Gasteiger partial charge in [-0.25, -0.2) is 0 Å². The van der Waals surface area contributed by atoms with E-state index in [0.717, 1.165) is 5.75 Å². The van der Waals surface area contributed by atoms with E-state index in [-0.39, 0.29) is 0 Å². The molecule has 0 fully saturated rings. The van der Waals surface area contributed by atoms with Gasteiger partial charge in [0.1, 0.15) is 5.75 Å². The summed E-state index contributed by atoms with van der Waals surface area (Å²) in [5.74, 6) is 1.02. The van der Waals surface area contributed by atoms with Crippen LogP contribution in [0.25, 0.3) is 0 Å². The summed E-state index contributed by atoms with van der Waals surface area (Å²) in [7, 11) is -1.44. The molecule has 0 saturated carbocycles. The van der Waals surface area contributed by atoms with Gasteiger partial charge in [0, 0.05) is 0 Å². The van der Waals surface area contributed by atoms with E-state index in [0.29, 0.717) is 0 Å². The van der Waals surface area contributed by atoms with E-state index in [2.05, 4.69) is 51.7 Å². The molecule has 1 aromatic carbocycles. The lowest BCUT2D eigenvalue weighted by molar-refractivity contribution is 0.557. The molecule has 0 amide bonds. The monoisotopic (exact) mass is 194 g/mol. The zero-order chi connectivity index (χ0) is 10.1. The van der Waals surface area contributed by atoms with Crippen LogP contribution in [-0.4, -0.2) is 8.32 Å². The first-order valence-electron chi connectivity index (χ1n) is 4.65. The summed E-state index contributed by atoms with van der Waals surface area (Å²) >= 11 is 0. The minimum atomic E-state index is -1.44. The molecule has 0 radical (unpaired) electrons. The lowest BCUT2D eigenvalue weighted by Gasteiger charge is -2.19. The minimum absolute atomic E-state index is 1.02. The fourth-order valence-corrected chi connectivity index (χ4v) is 1.97. The predicted molar refractivity (Wildman–Crippen MR) is 59.9 cm³/mol. The standard InChI is InChI=1S/C11H18OSi/c1-9-6-7-11(8-10(9)2)12-13(3,4)5/h6-8H,1-5H3. The topological polar surface area (TPSA) is 9.23 Å². The maximum atomic E-state index is 5.88. The zero-order valence-electron chi connectivity index (χ0n) is 9.14. The Morgan fingerprint density at radius 3 is 2.08 bits per heavy atom. The lowest BCUT2D eigenvalue weighted by atomic mass is 10.1. The van der Waals surface area contributed by atoms with Crippen molar-refractivity contribution < 1.29 is 4.43 Å².